The summed E-state index contributed by atoms with van der Waals surface area (Å²) in [7, 11) is 0. The van der Waals surface area contributed by atoms with Crippen molar-refractivity contribution in [2.45, 2.75) is 60.3 Å². The average Bonchev–Trinajstić information content (AvgIpc) is 2.45. The quantitative estimate of drug-likeness (QED) is 0.716. The smallest absolute Gasteiger partial charge is 0.134 e. The summed E-state index contributed by atoms with van der Waals surface area (Å²) in [5, 5.41) is 6.90. The minimum atomic E-state index is 0.658. The van der Waals surface area contributed by atoms with E-state index in [4.69, 9.17) is 0 Å². The van der Waals surface area contributed by atoms with E-state index in [0.29, 0.717) is 5.92 Å². The SMILES string of the molecule is CCCNc1nc(CCC)nc(NCC(C)CC)c1C. The lowest BCUT2D eigenvalue weighted by molar-refractivity contribution is 0.592. The van der Waals surface area contributed by atoms with E-state index < -0.39 is 0 Å². The summed E-state index contributed by atoms with van der Waals surface area (Å²) >= 11 is 0. The maximum atomic E-state index is 4.67. The Hall–Kier alpha value is -1.32. The average molecular weight is 278 g/mol. The second kappa shape index (κ2) is 8.77. The van der Waals surface area contributed by atoms with Crippen LogP contribution in [0, 0.1) is 12.8 Å². The summed E-state index contributed by atoms with van der Waals surface area (Å²) in [6.07, 6.45) is 4.28. The zero-order valence-corrected chi connectivity index (χ0v) is 13.7. The monoisotopic (exact) mass is 278 g/mol. The predicted octanol–water partition coefficient (Wildman–Crippen LogP) is 4.02. The molecule has 0 fully saturated rings. The third kappa shape index (κ3) is 4.99. The molecule has 0 saturated heterocycles. The Morgan fingerprint density at radius 2 is 1.65 bits per heavy atom. The number of rotatable bonds is 9. The Bertz CT molecular complexity index is 404. The summed E-state index contributed by atoms with van der Waals surface area (Å²) in [6.45, 7) is 12.8. The van der Waals surface area contributed by atoms with Crippen LogP contribution in [0.5, 0.6) is 0 Å². The molecule has 0 radical (unpaired) electrons. The van der Waals surface area contributed by atoms with Gasteiger partial charge >= 0.3 is 0 Å². The molecule has 0 aliphatic carbocycles. The Labute approximate surface area is 123 Å². The third-order valence-electron chi connectivity index (χ3n) is 3.52. The van der Waals surface area contributed by atoms with E-state index in [1.165, 1.54) is 6.42 Å². The van der Waals surface area contributed by atoms with E-state index in [1.54, 1.807) is 0 Å². The van der Waals surface area contributed by atoms with Gasteiger partial charge in [0.1, 0.15) is 17.5 Å². The highest BCUT2D eigenvalue weighted by molar-refractivity contribution is 5.57. The Morgan fingerprint density at radius 1 is 1.00 bits per heavy atom. The summed E-state index contributed by atoms with van der Waals surface area (Å²) in [5.41, 5.74) is 1.13. The van der Waals surface area contributed by atoms with Gasteiger partial charge in [-0.05, 0) is 25.7 Å². The van der Waals surface area contributed by atoms with Crippen molar-refractivity contribution in [1.29, 1.82) is 0 Å². The molecule has 4 heteroatoms. The van der Waals surface area contributed by atoms with E-state index in [-0.39, 0.29) is 0 Å². The molecule has 2 N–H and O–H groups in total. The molecule has 1 aromatic rings. The van der Waals surface area contributed by atoms with Crippen LogP contribution in [0.2, 0.25) is 0 Å². The van der Waals surface area contributed by atoms with E-state index in [1.807, 2.05) is 0 Å². The van der Waals surface area contributed by atoms with Crippen LogP contribution < -0.4 is 10.6 Å². The Balaban J connectivity index is 2.91. The third-order valence-corrected chi connectivity index (χ3v) is 3.52. The van der Waals surface area contributed by atoms with Gasteiger partial charge in [0.25, 0.3) is 0 Å². The van der Waals surface area contributed by atoms with E-state index in [9.17, 15) is 0 Å². The molecular formula is C16H30N4. The van der Waals surface area contributed by atoms with E-state index in [2.05, 4.69) is 55.2 Å². The molecule has 0 bridgehead atoms. The molecule has 0 spiro atoms. The number of anilines is 2. The van der Waals surface area contributed by atoms with Gasteiger partial charge in [-0.3, -0.25) is 0 Å². The summed E-state index contributed by atoms with van der Waals surface area (Å²) in [5.74, 6) is 3.56. The number of hydrogen-bond donors (Lipinski definition) is 2. The predicted molar refractivity (Wildman–Crippen MR) is 87.5 cm³/mol. The number of aromatic nitrogens is 2. The first kappa shape index (κ1) is 16.7. The summed E-state index contributed by atoms with van der Waals surface area (Å²) in [4.78, 5) is 9.32. The standard InChI is InChI=1S/C16H30N4/c1-6-9-14-19-15(17-10-7-2)13(5)16(20-14)18-11-12(4)8-3/h12H,6-11H2,1-5H3,(H2,17,18,19,20). The van der Waals surface area contributed by atoms with Crippen molar-refractivity contribution < 1.29 is 0 Å². The summed E-state index contributed by atoms with van der Waals surface area (Å²) < 4.78 is 0. The molecule has 0 amide bonds. The topological polar surface area (TPSA) is 49.8 Å². The van der Waals surface area contributed by atoms with Gasteiger partial charge in [0.05, 0.1) is 0 Å². The fourth-order valence-electron chi connectivity index (χ4n) is 1.90. The van der Waals surface area contributed by atoms with Crippen LogP contribution in [0.25, 0.3) is 0 Å². The van der Waals surface area contributed by atoms with Crippen molar-refractivity contribution in [2.24, 2.45) is 5.92 Å². The van der Waals surface area contributed by atoms with Gasteiger partial charge in [-0.25, -0.2) is 9.97 Å². The van der Waals surface area contributed by atoms with Gasteiger partial charge in [-0.15, -0.1) is 0 Å². The Kier molecular flexibility index (Phi) is 7.34. The van der Waals surface area contributed by atoms with Crippen LogP contribution in [0.1, 0.15) is 58.3 Å². The minimum absolute atomic E-state index is 0.658. The lowest BCUT2D eigenvalue weighted by Crippen LogP contribution is -2.15. The van der Waals surface area contributed by atoms with Gasteiger partial charge in [0.2, 0.25) is 0 Å². The lowest BCUT2D eigenvalue weighted by Gasteiger charge is -2.16. The number of aryl methyl sites for hydroxylation is 1. The van der Waals surface area contributed by atoms with Crippen molar-refractivity contribution >= 4 is 11.6 Å². The molecule has 1 aromatic heterocycles. The van der Waals surface area contributed by atoms with Crippen molar-refractivity contribution in [3.8, 4) is 0 Å². The fraction of sp³-hybridized carbons (Fsp3) is 0.750. The Morgan fingerprint density at radius 3 is 2.20 bits per heavy atom. The maximum Gasteiger partial charge on any atom is 0.134 e. The van der Waals surface area contributed by atoms with Crippen molar-refractivity contribution in [2.75, 3.05) is 23.7 Å². The minimum Gasteiger partial charge on any atom is -0.370 e. The molecular weight excluding hydrogens is 248 g/mol. The van der Waals surface area contributed by atoms with Crippen LogP contribution in [0.15, 0.2) is 0 Å². The van der Waals surface area contributed by atoms with Crippen molar-refractivity contribution in [1.82, 2.24) is 9.97 Å². The van der Waals surface area contributed by atoms with Crippen molar-refractivity contribution in [3.05, 3.63) is 11.4 Å². The lowest BCUT2D eigenvalue weighted by atomic mass is 10.1. The van der Waals surface area contributed by atoms with E-state index >= 15 is 0 Å². The van der Waals surface area contributed by atoms with Crippen LogP contribution in [-0.2, 0) is 6.42 Å². The van der Waals surface area contributed by atoms with Gasteiger partial charge < -0.3 is 10.6 Å². The number of nitrogens with one attached hydrogen (secondary N) is 2. The maximum absolute atomic E-state index is 4.67. The molecule has 1 heterocycles. The highest BCUT2D eigenvalue weighted by Gasteiger charge is 2.11. The molecule has 1 unspecified atom stereocenters. The van der Waals surface area contributed by atoms with Crippen molar-refractivity contribution in [3.63, 3.8) is 0 Å². The van der Waals surface area contributed by atoms with Gasteiger partial charge in [0, 0.05) is 25.1 Å². The molecule has 0 aromatic carbocycles. The van der Waals surface area contributed by atoms with Crippen LogP contribution in [-0.4, -0.2) is 23.1 Å². The zero-order valence-electron chi connectivity index (χ0n) is 13.7. The highest BCUT2D eigenvalue weighted by Crippen LogP contribution is 2.21. The molecule has 20 heavy (non-hydrogen) atoms. The van der Waals surface area contributed by atoms with Crippen LogP contribution in [0.3, 0.4) is 0 Å². The largest absolute Gasteiger partial charge is 0.370 e. The first-order valence-electron chi connectivity index (χ1n) is 7.97. The molecule has 1 atom stereocenters. The molecule has 0 aliphatic heterocycles. The first-order chi connectivity index (χ1) is 9.62. The number of hydrogen-bond acceptors (Lipinski definition) is 4. The van der Waals surface area contributed by atoms with Gasteiger partial charge in [0.15, 0.2) is 0 Å². The summed E-state index contributed by atoms with van der Waals surface area (Å²) in [6, 6.07) is 0. The number of nitrogens with zero attached hydrogens (tertiary/aromatic N) is 2. The molecule has 0 saturated carbocycles. The molecule has 114 valence electrons. The zero-order chi connectivity index (χ0) is 15.0. The van der Waals surface area contributed by atoms with Crippen LogP contribution >= 0.6 is 0 Å². The fourth-order valence-corrected chi connectivity index (χ4v) is 1.90. The van der Waals surface area contributed by atoms with Gasteiger partial charge in [-0.2, -0.15) is 0 Å². The molecule has 0 aliphatic rings. The first-order valence-corrected chi connectivity index (χ1v) is 7.97. The van der Waals surface area contributed by atoms with Crippen LogP contribution in [0.4, 0.5) is 11.6 Å². The second-order valence-corrected chi connectivity index (χ2v) is 5.53. The second-order valence-electron chi connectivity index (χ2n) is 5.53. The highest BCUT2D eigenvalue weighted by atomic mass is 15.1. The van der Waals surface area contributed by atoms with E-state index in [0.717, 1.165) is 55.4 Å². The molecule has 4 nitrogen and oxygen atoms in total. The normalized spacial score (nSPS) is 12.2. The van der Waals surface area contributed by atoms with Gasteiger partial charge in [-0.1, -0.05) is 34.1 Å². The molecule has 1 rings (SSSR count).